The minimum Gasteiger partial charge on any atom is -0.396 e. The smallest absolute Gasteiger partial charge is 0.127 e. The molecule has 0 aliphatic heterocycles. The summed E-state index contributed by atoms with van der Waals surface area (Å²) in [6.45, 7) is 6.97. The Morgan fingerprint density at radius 3 is 2.74 bits per heavy atom. The molecule has 2 aromatic rings. The van der Waals surface area contributed by atoms with Crippen LogP contribution in [0.15, 0.2) is 6.07 Å². The zero-order valence-electron chi connectivity index (χ0n) is 11.8. The van der Waals surface area contributed by atoms with E-state index in [4.69, 9.17) is 16.5 Å². The van der Waals surface area contributed by atoms with Crippen molar-refractivity contribution in [2.45, 2.75) is 40.0 Å². The molecule has 4 N–H and O–H groups in total. The van der Waals surface area contributed by atoms with E-state index >= 15 is 0 Å². The maximum absolute atomic E-state index is 6.04. The Labute approximate surface area is 118 Å². The van der Waals surface area contributed by atoms with Gasteiger partial charge in [0.1, 0.15) is 9.83 Å². The highest BCUT2D eigenvalue weighted by molar-refractivity contribution is 7.23. The molecule has 0 aromatic carbocycles. The van der Waals surface area contributed by atoms with Crippen LogP contribution in [0.25, 0.3) is 10.2 Å². The Kier molecular flexibility index (Phi) is 2.75. The molecule has 1 aliphatic rings. The van der Waals surface area contributed by atoms with E-state index in [1.807, 2.05) is 0 Å². The van der Waals surface area contributed by atoms with Gasteiger partial charge in [0.05, 0.1) is 5.69 Å². The van der Waals surface area contributed by atoms with E-state index in [0.29, 0.717) is 16.1 Å². The van der Waals surface area contributed by atoms with E-state index in [-0.39, 0.29) is 0 Å². The van der Waals surface area contributed by atoms with Gasteiger partial charge >= 0.3 is 0 Å². The number of aryl methyl sites for hydroxylation is 1. The fourth-order valence-electron chi connectivity index (χ4n) is 2.95. The first-order valence-electron chi connectivity index (χ1n) is 6.82. The van der Waals surface area contributed by atoms with Gasteiger partial charge in [0.25, 0.3) is 0 Å². The molecule has 0 bridgehead atoms. The van der Waals surface area contributed by atoms with Crippen molar-refractivity contribution in [2.24, 2.45) is 11.3 Å². The number of thiophene rings is 1. The predicted molar refractivity (Wildman–Crippen MR) is 83.4 cm³/mol. The van der Waals surface area contributed by atoms with Gasteiger partial charge < -0.3 is 11.5 Å². The summed E-state index contributed by atoms with van der Waals surface area (Å²) in [6.07, 6.45) is 3.41. The number of nitrogen functional groups attached to an aromatic ring is 2. The number of hydrogen-bond acceptors (Lipinski definition) is 4. The van der Waals surface area contributed by atoms with Crippen LogP contribution in [0, 0.1) is 11.3 Å². The van der Waals surface area contributed by atoms with Gasteiger partial charge in [0, 0.05) is 11.1 Å². The van der Waals surface area contributed by atoms with Crippen LogP contribution >= 0.6 is 11.3 Å². The minimum absolute atomic E-state index is 0.353. The third-order valence-corrected chi connectivity index (χ3v) is 5.28. The number of aromatic nitrogens is 1. The lowest BCUT2D eigenvalue weighted by Crippen LogP contribution is -2.27. The van der Waals surface area contributed by atoms with Crippen LogP contribution in [0.1, 0.15) is 38.4 Å². The lowest BCUT2D eigenvalue weighted by atomic mass is 9.71. The summed E-state index contributed by atoms with van der Waals surface area (Å²) in [5.74, 6) is 0.719. The molecule has 19 heavy (non-hydrogen) atoms. The van der Waals surface area contributed by atoms with Crippen molar-refractivity contribution in [1.29, 1.82) is 0 Å². The zero-order chi connectivity index (χ0) is 13.8. The van der Waals surface area contributed by atoms with Crippen molar-refractivity contribution in [3.8, 4) is 0 Å². The number of fused-ring (bicyclic) bond motifs is 2. The zero-order valence-corrected chi connectivity index (χ0v) is 12.6. The molecular formula is C15H21N3S. The highest BCUT2D eigenvalue weighted by atomic mass is 32.1. The Morgan fingerprint density at radius 1 is 1.32 bits per heavy atom. The molecule has 2 aromatic heterocycles. The Bertz CT molecular complexity index is 637. The van der Waals surface area contributed by atoms with Crippen molar-refractivity contribution in [2.75, 3.05) is 11.5 Å². The standard InChI is InChI=1S/C15H21N3S/c1-15(2,3)9-4-5-11-8(6-9)7-10-12(16)13(17)19-14(10)18-11/h7,9H,4-6,16-17H2,1-3H3. The van der Waals surface area contributed by atoms with Crippen molar-refractivity contribution in [1.82, 2.24) is 4.98 Å². The van der Waals surface area contributed by atoms with Crippen molar-refractivity contribution < 1.29 is 0 Å². The first-order chi connectivity index (χ1) is 8.86. The lowest BCUT2D eigenvalue weighted by Gasteiger charge is -2.34. The summed E-state index contributed by atoms with van der Waals surface area (Å²) in [5, 5.41) is 1.73. The molecule has 0 spiro atoms. The Balaban J connectivity index is 2.07. The molecule has 2 heterocycles. The quantitative estimate of drug-likeness (QED) is 0.772. The monoisotopic (exact) mass is 275 g/mol. The molecule has 3 nitrogen and oxygen atoms in total. The topological polar surface area (TPSA) is 64.9 Å². The second kappa shape index (κ2) is 4.10. The summed E-state index contributed by atoms with van der Waals surface area (Å²) in [7, 11) is 0. The first-order valence-corrected chi connectivity index (χ1v) is 7.64. The normalized spacial score (nSPS) is 19.6. The SMILES string of the molecule is CC(C)(C)C1CCc2nc3sc(N)c(N)c3cc2C1. The first kappa shape index (κ1) is 12.7. The van der Waals surface area contributed by atoms with Gasteiger partial charge in [-0.1, -0.05) is 32.1 Å². The van der Waals surface area contributed by atoms with Gasteiger partial charge in [0.15, 0.2) is 0 Å². The van der Waals surface area contributed by atoms with Gasteiger partial charge in [-0.3, -0.25) is 0 Å². The van der Waals surface area contributed by atoms with Crippen LogP contribution in [-0.2, 0) is 12.8 Å². The van der Waals surface area contributed by atoms with Crippen molar-refractivity contribution >= 4 is 32.2 Å². The fraction of sp³-hybridized carbons (Fsp3) is 0.533. The van der Waals surface area contributed by atoms with E-state index in [2.05, 4.69) is 26.8 Å². The number of anilines is 2. The Hall–Kier alpha value is -1.29. The van der Waals surface area contributed by atoms with E-state index in [0.717, 1.165) is 29.0 Å². The fourth-order valence-corrected chi connectivity index (χ4v) is 3.81. The van der Waals surface area contributed by atoms with Crippen molar-refractivity contribution in [3.63, 3.8) is 0 Å². The molecule has 1 atom stereocenters. The van der Waals surface area contributed by atoms with E-state index in [9.17, 15) is 0 Å². The van der Waals surface area contributed by atoms with Crippen LogP contribution in [0.4, 0.5) is 10.7 Å². The summed E-state index contributed by atoms with van der Waals surface area (Å²) in [4.78, 5) is 5.76. The second-order valence-electron chi connectivity index (χ2n) is 6.63. The van der Waals surface area contributed by atoms with Crippen LogP contribution < -0.4 is 11.5 Å². The average Bonchev–Trinajstić information content (AvgIpc) is 2.61. The van der Waals surface area contributed by atoms with Gasteiger partial charge in [-0.15, -0.1) is 0 Å². The number of pyridine rings is 1. The molecule has 0 amide bonds. The van der Waals surface area contributed by atoms with Gasteiger partial charge in [-0.25, -0.2) is 4.98 Å². The number of hydrogen-bond donors (Lipinski definition) is 2. The van der Waals surface area contributed by atoms with E-state index in [1.54, 1.807) is 0 Å². The maximum Gasteiger partial charge on any atom is 0.127 e. The molecular weight excluding hydrogens is 254 g/mol. The number of nitrogens with zero attached hydrogens (tertiary/aromatic N) is 1. The summed E-state index contributed by atoms with van der Waals surface area (Å²) in [6, 6.07) is 2.22. The molecule has 1 unspecified atom stereocenters. The highest BCUT2D eigenvalue weighted by Gasteiger charge is 2.29. The predicted octanol–water partition coefficient (Wildman–Crippen LogP) is 3.61. The molecule has 3 rings (SSSR count). The maximum atomic E-state index is 6.04. The van der Waals surface area contributed by atoms with Crippen LogP contribution in [0.3, 0.4) is 0 Å². The second-order valence-corrected chi connectivity index (χ2v) is 7.66. The van der Waals surface area contributed by atoms with Crippen LogP contribution in [0.2, 0.25) is 0 Å². The minimum atomic E-state index is 0.353. The van der Waals surface area contributed by atoms with Gasteiger partial charge in [-0.05, 0) is 42.2 Å². The van der Waals surface area contributed by atoms with Crippen LogP contribution in [0.5, 0.6) is 0 Å². The highest BCUT2D eigenvalue weighted by Crippen LogP contribution is 2.40. The molecule has 0 saturated heterocycles. The number of rotatable bonds is 0. The number of nitrogens with two attached hydrogens (primary N) is 2. The molecule has 0 radical (unpaired) electrons. The van der Waals surface area contributed by atoms with Gasteiger partial charge in [0.2, 0.25) is 0 Å². The van der Waals surface area contributed by atoms with E-state index < -0.39 is 0 Å². The van der Waals surface area contributed by atoms with Gasteiger partial charge in [-0.2, -0.15) is 0 Å². The van der Waals surface area contributed by atoms with E-state index in [1.165, 1.54) is 29.0 Å². The third-order valence-electron chi connectivity index (χ3n) is 4.34. The molecule has 0 fully saturated rings. The third kappa shape index (κ3) is 2.08. The average molecular weight is 275 g/mol. The van der Waals surface area contributed by atoms with Crippen LogP contribution in [-0.4, -0.2) is 4.98 Å². The molecule has 102 valence electrons. The Morgan fingerprint density at radius 2 is 2.05 bits per heavy atom. The van der Waals surface area contributed by atoms with Crippen molar-refractivity contribution in [3.05, 3.63) is 17.3 Å². The molecule has 4 heteroatoms. The summed E-state index contributed by atoms with van der Waals surface area (Å²) < 4.78 is 0. The molecule has 0 saturated carbocycles. The lowest BCUT2D eigenvalue weighted by molar-refractivity contribution is 0.215. The summed E-state index contributed by atoms with van der Waals surface area (Å²) in [5.41, 5.74) is 15.6. The summed E-state index contributed by atoms with van der Waals surface area (Å²) >= 11 is 1.50. The largest absolute Gasteiger partial charge is 0.396 e. The molecule has 1 aliphatic carbocycles.